The van der Waals surface area contributed by atoms with Gasteiger partial charge in [-0.1, -0.05) is 36.8 Å². The normalized spacial score (nSPS) is 26.0. The molecule has 0 radical (unpaired) electrons. The van der Waals surface area contributed by atoms with Crippen LogP contribution in [0.1, 0.15) is 30.7 Å². The van der Waals surface area contributed by atoms with Gasteiger partial charge in [-0.05, 0) is 47.7 Å². The molecule has 2 aromatic carbocycles. The molecule has 1 unspecified atom stereocenters. The second kappa shape index (κ2) is 8.13. The summed E-state index contributed by atoms with van der Waals surface area (Å²) in [5.74, 6) is 2.17. The molecule has 5 rings (SSSR count). The molecule has 2 aliphatic rings. The van der Waals surface area contributed by atoms with Crippen LogP contribution in [-0.2, 0) is 19.2 Å². The summed E-state index contributed by atoms with van der Waals surface area (Å²) in [7, 11) is 3.69. The van der Waals surface area contributed by atoms with Crippen molar-refractivity contribution in [3.63, 3.8) is 0 Å². The van der Waals surface area contributed by atoms with Crippen LogP contribution in [0.2, 0.25) is 0 Å². The molecule has 1 saturated heterocycles. The third-order valence-electron chi connectivity index (χ3n) is 7.24. The van der Waals surface area contributed by atoms with E-state index in [1.54, 1.807) is 13.3 Å². The summed E-state index contributed by atoms with van der Waals surface area (Å²) in [6.07, 6.45) is 7.06. The monoisotopic (exact) mass is 417 g/mol. The highest BCUT2D eigenvalue weighted by Gasteiger charge is 2.53. The quantitative estimate of drug-likeness (QED) is 0.676. The molecule has 5 nitrogen and oxygen atoms in total. The van der Waals surface area contributed by atoms with E-state index in [-0.39, 0.29) is 11.8 Å². The van der Waals surface area contributed by atoms with Gasteiger partial charge >= 0.3 is 0 Å². The number of likely N-dealkylation sites (tertiary alicyclic amines) is 1. The molecule has 1 aromatic heterocycles. The van der Waals surface area contributed by atoms with E-state index in [2.05, 4.69) is 46.3 Å². The number of piperidine rings is 1. The van der Waals surface area contributed by atoms with Gasteiger partial charge in [0.25, 0.3) is 0 Å². The number of benzene rings is 2. The van der Waals surface area contributed by atoms with Crippen LogP contribution in [0.4, 0.5) is 0 Å². The maximum absolute atomic E-state index is 11.8. The van der Waals surface area contributed by atoms with Crippen molar-refractivity contribution in [3.8, 4) is 16.9 Å². The van der Waals surface area contributed by atoms with Crippen LogP contribution in [0.3, 0.4) is 0 Å². The summed E-state index contributed by atoms with van der Waals surface area (Å²) in [5.41, 5.74) is 2.93. The summed E-state index contributed by atoms with van der Waals surface area (Å²) in [5, 5.41) is 11.8. The van der Waals surface area contributed by atoms with Crippen molar-refractivity contribution < 1.29 is 9.84 Å². The van der Waals surface area contributed by atoms with Gasteiger partial charge < -0.3 is 14.4 Å². The number of hydrogen-bond acceptors (Lipinski definition) is 4. The SMILES string of the molecule is COc1ccc(-c2cccc(CN3C[C@H]4CCC[C@@H](C3)C4(O)c3nccn3C)c2)cc1. The van der Waals surface area contributed by atoms with Crippen molar-refractivity contribution in [2.24, 2.45) is 18.9 Å². The molecule has 0 amide bonds. The molecule has 2 heterocycles. The lowest BCUT2D eigenvalue weighted by atomic mass is 9.65. The first-order valence-corrected chi connectivity index (χ1v) is 11.2. The first-order valence-electron chi connectivity index (χ1n) is 11.2. The predicted molar refractivity (Wildman–Crippen MR) is 122 cm³/mol. The molecular formula is C26H31N3O2. The second-order valence-electron chi connectivity index (χ2n) is 9.13. The maximum Gasteiger partial charge on any atom is 0.141 e. The number of methoxy groups -OCH3 is 1. The van der Waals surface area contributed by atoms with E-state index in [0.717, 1.165) is 44.0 Å². The molecule has 3 aromatic rings. The van der Waals surface area contributed by atoms with E-state index in [1.165, 1.54) is 23.1 Å². The Labute approximate surface area is 184 Å². The van der Waals surface area contributed by atoms with E-state index in [9.17, 15) is 5.11 Å². The fraction of sp³-hybridized carbons (Fsp3) is 0.423. The first-order chi connectivity index (χ1) is 15.1. The average molecular weight is 418 g/mol. The van der Waals surface area contributed by atoms with E-state index in [4.69, 9.17) is 4.74 Å². The van der Waals surface area contributed by atoms with Crippen LogP contribution < -0.4 is 4.74 Å². The first kappa shape index (κ1) is 20.3. The van der Waals surface area contributed by atoms with E-state index >= 15 is 0 Å². The summed E-state index contributed by atoms with van der Waals surface area (Å²) < 4.78 is 7.28. The summed E-state index contributed by atoms with van der Waals surface area (Å²) in [4.78, 5) is 7.07. The molecular weight excluding hydrogens is 386 g/mol. The Kier molecular flexibility index (Phi) is 5.32. The number of ether oxygens (including phenoxy) is 1. The number of hydrogen-bond donors (Lipinski definition) is 1. The number of fused-ring (bicyclic) bond motifs is 2. The molecule has 1 aliphatic heterocycles. The number of aliphatic hydroxyl groups is 1. The molecule has 0 spiro atoms. The van der Waals surface area contributed by atoms with Gasteiger partial charge in [0.05, 0.1) is 7.11 Å². The highest BCUT2D eigenvalue weighted by molar-refractivity contribution is 5.64. The number of nitrogens with zero attached hydrogens (tertiary/aromatic N) is 3. The number of rotatable bonds is 5. The largest absolute Gasteiger partial charge is 0.497 e. The molecule has 5 heteroatoms. The summed E-state index contributed by atoms with van der Waals surface area (Å²) in [6, 6.07) is 17.0. The van der Waals surface area contributed by atoms with Crippen molar-refractivity contribution >= 4 is 0 Å². The zero-order valence-corrected chi connectivity index (χ0v) is 18.4. The minimum absolute atomic E-state index is 0.228. The standard InChI is InChI=1S/C26H31N3O2/c1-28-14-13-27-25(28)26(30)22-7-4-8-23(26)18-29(17-22)16-19-5-3-6-21(15-19)20-9-11-24(31-2)12-10-20/h3,5-6,9-15,22-23,30H,4,7-8,16-18H2,1-2H3/t22-,23+,26?. The van der Waals surface area contributed by atoms with Crippen molar-refractivity contribution in [3.05, 3.63) is 72.3 Å². The summed E-state index contributed by atoms with van der Waals surface area (Å²) in [6.45, 7) is 2.73. The zero-order valence-electron chi connectivity index (χ0n) is 18.4. The number of aromatic nitrogens is 2. The van der Waals surface area contributed by atoms with Crippen LogP contribution in [0.25, 0.3) is 11.1 Å². The van der Waals surface area contributed by atoms with Gasteiger partial charge in [-0.25, -0.2) is 4.98 Å². The van der Waals surface area contributed by atoms with Gasteiger partial charge in [0, 0.05) is 50.9 Å². The third-order valence-corrected chi connectivity index (χ3v) is 7.24. The molecule has 3 atom stereocenters. The predicted octanol–water partition coefficient (Wildman–Crippen LogP) is 4.22. The van der Waals surface area contributed by atoms with Gasteiger partial charge in [0.2, 0.25) is 0 Å². The topological polar surface area (TPSA) is 50.5 Å². The lowest BCUT2D eigenvalue weighted by molar-refractivity contribution is -0.155. The van der Waals surface area contributed by atoms with Crippen molar-refractivity contribution in [1.29, 1.82) is 0 Å². The molecule has 1 aliphatic carbocycles. The Hall–Kier alpha value is -2.63. The molecule has 2 fully saturated rings. The van der Waals surface area contributed by atoms with Gasteiger partial charge in [-0.15, -0.1) is 0 Å². The highest BCUT2D eigenvalue weighted by Crippen LogP contribution is 2.48. The lowest BCUT2D eigenvalue weighted by Crippen LogP contribution is -2.58. The summed E-state index contributed by atoms with van der Waals surface area (Å²) >= 11 is 0. The Morgan fingerprint density at radius 3 is 2.45 bits per heavy atom. The Morgan fingerprint density at radius 2 is 1.81 bits per heavy atom. The van der Waals surface area contributed by atoms with Crippen LogP contribution in [0.5, 0.6) is 5.75 Å². The van der Waals surface area contributed by atoms with Crippen molar-refractivity contribution in [2.75, 3.05) is 20.2 Å². The highest BCUT2D eigenvalue weighted by atomic mass is 16.5. The minimum Gasteiger partial charge on any atom is -0.497 e. The maximum atomic E-state index is 11.8. The fourth-order valence-electron chi connectivity index (χ4n) is 5.68. The molecule has 2 bridgehead atoms. The Morgan fingerprint density at radius 1 is 1.06 bits per heavy atom. The minimum atomic E-state index is -0.808. The third kappa shape index (κ3) is 3.66. The molecule has 1 N–H and O–H groups in total. The van der Waals surface area contributed by atoms with Gasteiger partial charge in [0.15, 0.2) is 0 Å². The van der Waals surface area contributed by atoms with Gasteiger partial charge in [-0.2, -0.15) is 0 Å². The van der Waals surface area contributed by atoms with Gasteiger partial charge in [-0.3, -0.25) is 4.90 Å². The molecule has 31 heavy (non-hydrogen) atoms. The lowest BCUT2D eigenvalue weighted by Gasteiger charge is -2.52. The Bertz CT molecular complexity index is 1030. The fourth-order valence-corrected chi connectivity index (χ4v) is 5.68. The van der Waals surface area contributed by atoms with E-state index in [0.29, 0.717) is 0 Å². The zero-order chi connectivity index (χ0) is 21.4. The van der Waals surface area contributed by atoms with E-state index < -0.39 is 5.60 Å². The average Bonchev–Trinajstić information content (AvgIpc) is 3.21. The van der Waals surface area contributed by atoms with Crippen molar-refractivity contribution in [2.45, 2.75) is 31.4 Å². The molecule has 162 valence electrons. The van der Waals surface area contributed by atoms with Gasteiger partial charge in [0.1, 0.15) is 17.2 Å². The van der Waals surface area contributed by atoms with Crippen molar-refractivity contribution in [1.82, 2.24) is 14.5 Å². The van der Waals surface area contributed by atoms with Crippen LogP contribution in [0.15, 0.2) is 60.9 Å². The second-order valence-corrected chi connectivity index (χ2v) is 9.13. The smallest absolute Gasteiger partial charge is 0.141 e. The van der Waals surface area contributed by atoms with Crippen LogP contribution >= 0.6 is 0 Å². The van der Waals surface area contributed by atoms with Crippen LogP contribution in [0, 0.1) is 11.8 Å². The van der Waals surface area contributed by atoms with Crippen LogP contribution in [-0.4, -0.2) is 39.8 Å². The van der Waals surface area contributed by atoms with E-state index in [1.807, 2.05) is 29.9 Å². The molecule has 1 saturated carbocycles. The Balaban J connectivity index is 1.35. The number of aryl methyl sites for hydroxylation is 1. The number of imidazole rings is 1.